The van der Waals surface area contributed by atoms with Crippen LogP contribution in [-0.2, 0) is 4.74 Å². The molecule has 0 aromatic carbocycles. The van der Waals surface area contributed by atoms with Gasteiger partial charge in [-0.05, 0) is 40.8 Å². The summed E-state index contributed by atoms with van der Waals surface area (Å²) in [5.41, 5.74) is 0. The lowest BCUT2D eigenvalue weighted by Gasteiger charge is -2.35. The summed E-state index contributed by atoms with van der Waals surface area (Å²) in [7, 11) is 4.30. The zero-order valence-electron chi connectivity index (χ0n) is 10.0. The maximum atomic E-state index is 5.64. The van der Waals surface area contributed by atoms with Crippen LogP contribution in [0.25, 0.3) is 0 Å². The summed E-state index contributed by atoms with van der Waals surface area (Å²) in [5, 5.41) is 0. The Bertz CT molecular complexity index is 115. The summed E-state index contributed by atoms with van der Waals surface area (Å²) in [6, 6.07) is 0.716. The molecule has 13 heavy (non-hydrogen) atoms. The van der Waals surface area contributed by atoms with Gasteiger partial charge in [0.25, 0.3) is 0 Å². The molecule has 0 aromatic rings. The lowest BCUT2D eigenvalue weighted by Crippen LogP contribution is -2.40. The van der Waals surface area contributed by atoms with Crippen LogP contribution < -0.4 is 0 Å². The minimum atomic E-state index is 0.436. The van der Waals surface area contributed by atoms with Crippen LogP contribution in [0.15, 0.2) is 0 Å². The van der Waals surface area contributed by atoms with Gasteiger partial charge >= 0.3 is 0 Å². The van der Waals surface area contributed by atoms with E-state index < -0.39 is 0 Å². The summed E-state index contributed by atoms with van der Waals surface area (Å²) in [5.74, 6) is 0. The molecule has 1 saturated heterocycles. The van der Waals surface area contributed by atoms with Gasteiger partial charge in [-0.2, -0.15) is 0 Å². The molecule has 0 spiro atoms. The summed E-state index contributed by atoms with van der Waals surface area (Å²) in [4.78, 5) is 2.30. The van der Waals surface area contributed by atoms with Crippen LogP contribution in [-0.4, -0.2) is 37.2 Å². The summed E-state index contributed by atoms with van der Waals surface area (Å²) in [6.45, 7) is 8.32. The maximum absolute atomic E-state index is 5.64. The van der Waals surface area contributed by atoms with E-state index >= 15 is 0 Å². The molecular formula is C11H25NO. The van der Waals surface area contributed by atoms with E-state index in [1.54, 1.807) is 0 Å². The van der Waals surface area contributed by atoms with Gasteiger partial charge in [-0.25, -0.2) is 0 Å². The first kappa shape index (κ1) is 12.9. The highest BCUT2D eigenvalue weighted by molar-refractivity contribution is 4.77. The SMILES string of the molecule is CC.CC1CC(N(C)C)CC(C)O1. The molecule has 1 aliphatic heterocycles. The van der Waals surface area contributed by atoms with Crippen molar-refractivity contribution in [3.05, 3.63) is 0 Å². The molecule has 2 heteroatoms. The Morgan fingerprint density at radius 1 is 1.00 bits per heavy atom. The number of hydrogen-bond donors (Lipinski definition) is 0. The highest BCUT2D eigenvalue weighted by atomic mass is 16.5. The van der Waals surface area contributed by atoms with Gasteiger partial charge in [0.05, 0.1) is 12.2 Å². The molecule has 0 saturated carbocycles. The summed E-state index contributed by atoms with van der Waals surface area (Å²) in [6.07, 6.45) is 3.23. The van der Waals surface area contributed by atoms with Gasteiger partial charge in [-0.15, -0.1) is 0 Å². The van der Waals surface area contributed by atoms with E-state index in [9.17, 15) is 0 Å². The fourth-order valence-corrected chi connectivity index (χ4v) is 1.79. The van der Waals surface area contributed by atoms with Crippen LogP contribution in [0.3, 0.4) is 0 Å². The summed E-state index contributed by atoms with van der Waals surface area (Å²) >= 11 is 0. The number of nitrogens with zero attached hydrogens (tertiary/aromatic N) is 1. The monoisotopic (exact) mass is 187 g/mol. The molecule has 80 valence electrons. The van der Waals surface area contributed by atoms with Crippen LogP contribution in [0.4, 0.5) is 0 Å². The highest BCUT2D eigenvalue weighted by Gasteiger charge is 2.25. The zero-order valence-corrected chi connectivity index (χ0v) is 10.0. The van der Waals surface area contributed by atoms with Gasteiger partial charge in [-0.3, -0.25) is 0 Å². The Labute approximate surface area is 83.3 Å². The van der Waals surface area contributed by atoms with Crippen LogP contribution in [0.2, 0.25) is 0 Å². The van der Waals surface area contributed by atoms with E-state index in [1.807, 2.05) is 13.8 Å². The maximum Gasteiger partial charge on any atom is 0.0565 e. The van der Waals surface area contributed by atoms with E-state index in [0.29, 0.717) is 18.2 Å². The minimum Gasteiger partial charge on any atom is -0.375 e. The van der Waals surface area contributed by atoms with E-state index in [0.717, 1.165) is 0 Å². The molecule has 2 atom stereocenters. The van der Waals surface area contributed by atoms with Crippen molar-refractivity contribution in [1.29, 1.82) is 0 Å². The summed E-state index contributed by atoms with van der Waals surface area (Å²) < 4.78 is 5.64. The van der Waals surface area contributed by atoms with Crippen molar-refractivity contribution in [3.8, 4) is 0 Å². The second kappa shape index (κ2) is 6.39. The molecule has 2 nitrogen and oxygen atoms in total. The first-order chi connectivity index (χ1) is 6.09. The topological polar surface area (TPSA) is 12.5 Å². The van der Waals surface area contributed by atoms with Crippen molar-refractivity contribution in [2.45, 2.75) is 58.8 Å². The van der Waals surface area contributed by atoms with Crippen LogP contribution in [0.5, 0.6) is 0 Å². The lowest BCUT2D eigenvalue weighted by molar-refractivity contribution is -0.0578. The third-order valence-corrected chi connectivity index (χ3v) is 2.40. The van der Waals surface area contributed by atoms with E-state index in [-0.39, 0.29) is 0 Å². The minimum absolute atomic E-state index is 0.436. The van der Waals surface area contributed by atoms with Crippen molar-refractivity contribution < 1.29 is 4.74 Å². The molecule has 2 unspecified atom stereocenters. The van der Waals surface area contributed by atoms with Gasteiger partial charge in [0, 0.05) is 6.04 Å². The highest BCUT2D eigenvalue weighted by Crippen LogP contribution is 2.21. The molecule has 0 radical (unpaired) electrons. The Morgan fingerprint density at radius 2 is 1.38 bits per heavy atom. The molecule has 1 heterocycles. The molecular weight excluding hydrogens is 162 g/mol. The van der Waals surface area contributed by atoms with Crippen LogP contribution >= 0.6 is 0 Å². The smallest absolute Gasteiger partial charge is 0.0565 e. The number of rotatable bonds is 1. The Hall–Kier alpha value is -0.0800. The third kappa shape index (κ3) is 4.63. The van der Waals surface area contributed by atoms with Crippen molar-refractivity contribution in [2.24, 2.45) is 0 Å². The van der Waals surface area contributed by atoms with Gasteiger partial charge in [0.1, 0.15) is 0 Å². The fraction of sp³-hybridized carbons (Fsp3) is 1.00. The van der Waals surface area contributed by atoms with Crippen LogP contribution in [0.1, 0.15) is 40.5 Å². The molecule has 0 N–H and O–H groups in total. The fourth-order valence-electron chi connectivity index (χ4n) is 1.79. The van der Waals surface area contributed by atoms with Crippen molar-refractivity contribution in [2.75, 3.05) is 14.1 Å². The first-order valence-electron chi connectivity index (χ1n) is 5.41. The van der Waals surface area contributed by atoms with E-state index in [2.05, 4.69) is 32.8 Å². The second-order valence-corrected chi connectivity index (χ2v) is 3.85. The molecule has 1 fully saturated rings. The molecule has 0 bridgehead atoms. The average molecular weight is 187 g/mol. The Balaban J connectivity index is 0.000000671. The van der Waals surface area contributed by atoms with Crippen LogP contribution in [0, 0.1) is 0 Å². The Morgan fingerprint density at radius 3 is 1.69 bits per heavy atom. The van der Waals surface area contributed by atoms with E-state index in [4.69, 9.17) is 4.74 Å². The van der Waals surface area contributed by atoms with Crippen molar-refractivity contribution >= 4 is 0 Å². The van der Waals surface area contributed by atoms with Gasteiger partial charge in [-0.1, -0.05) is 13.8 Å². The van der Waals surface area contributed by atoms with Gasteiger partial charge < -0.3 is 9.64 Å². The molecule has 1 rings (SSSR count). The molecule has 0 amide bonds. The second-order valence-electron chi connectivity index (χ2n) is 3.85. The number of hydrogen-bond acceptors (Lipinski definition) is 2. The zero-order chi connectivity index (χ0) is 10.4. The largest absolute Gasteiger partial charge is 0.375 e. The standard InChI is InChI=1S/C9H19NO.C2H6/c1-7-5-9(10(3)4)6-8(2)11-7;1-2/h7-9H,5-6H2,1-4H3;1-2H3. The van der Waals surface area contributed by atoms with Gasteiger partial charge in [0.15, 0.2) is 0 Å². The normalized spacial score (nSPS) is 33.9. The van der Waals surface area contributed by atoms with Gasteiger partial charge in [0.2, 0.25) is 0 Å². The average Bonchev–Trinajstić information content (AvgIpc) is 2.06. The molecule has 0 aliphatic carbocycles. The van der Waals surface area contributed by atoms with Crippen molar-refractivity contribution in [3.63, 3.8) is 0 Å². The van der Waals surface area contributed by atoms with E-state index in [1.165, 1.54) is 12.8 Å². The molecule has 1 aliphatic rings. The predicted molar refractivity (Wildman–Crippen MR) is 58.1 cm³/mol. The Kier molecular flexibility index (Phi) is 6.35. The number of ether oxygens (including phenoxy) is 1. The third-order valence-electron chi connectivity index (χ3n) is 2.40. The first-order valence-corrected chi connectivity index (χ1v) is 5.41. The van der Waals surface area contributed by atoms with Crippen molar-refractivity contribution in [1.82, 2.24) is 4.90 Å². The lowest BCUT2D eigenvalue weighted by atomic mass is 9.99. The molecule has 0 aromatic heterocycles. The quantitative estimate of drug-likeness (QED) is 0.625. The predicted octanol–water partition coefficient (Wildman–Crippen LogP) is 2.53.